The van der Waals surface area contributed by atoms with Crippen LogP contribution in [0.25, 0.3) is 0 Å². The van der Waals surface area contributed by atoms with Crippen LogP contribution in [0.5, 0.6) is 5.75 Å². The van der Waals surface area contributed by atoms with Gasteiger partial charge in [-0.15, -0.1) is 28.1 Å². The van der Waals surface area contributed by atoms with E-state index in [1.54, 1.807) is 12.1 Å². The van der Waals surface area contributed by atoms with Gasteiger partial charge in [0.05, 0.1) is 18.4 Å². The number of ether oxygens (including phenoxy) is 2. The molecule has 1 aliphatic rings. The lowest BCUT2D eigenvalue weighted by molar-refractivity contribution is -0.113. The number of esters is 1. The normalized spacial score (nSPS) is 15.4. The summed E-state index contributed by atoms with van der Waals surface area (Å²) in [6.45, 7) is 10.3. The van der Waals surface area contributed by atoms with E-state index in [9.17, 15) is 9.59 Å². The number of methoxy groups -OCH3 is 1. The maximum atomic E-state index is 13.0. The van der Waals surface area contributed by atoms with Crippen LogP contribution >= 0.6 is 34.7 Å². The second kappa shape index (κ2) is 12.4. The van der Waals surface area contributed by atoms with Gasteiger partial charge >= 0.3 is 5.97 Å². The molecule has 0 saturated heterocycles. The number of thiophene rings is 1. The zero-order valence-corrected chi connectivity index (χ0v) is 24.3. The van der Waals surface area contributed by atoms with Gasteiger partial charge in [0.15, 0.2) is 17.1 Å². The van der Waals surface area contributed by atoms with Crippen LogP contribution in [-0.2, 0) is 28.9 Å². The number of benzene rings is 1. The number of fused-ring (bicyclic) bond motifs is 1. The lowest BCUT2D eigenvalue weighted by Crippen LogP contribution is -2.17. The Morgan fingerprint density at radius 2 is 2.18 bits per heavy atom. The van der Waals surface area contributed by atoms with Crippen LogP contribution < -0.4 is 10.1 Å². The first kappa shape index (κ1) is 28.2. The molecule has 202 valence electrons. The molecule has 0 aliphatic heterocycles. The summed E-state index contributed by atoms with van der Waals surface area (Å²) >= 11 is 8.80. The fraction of sp³-hybridized carbons (Fsp3) is 0.407. The average molecular weight is 575 g/mol. The highest BCUT2D eigenvalue weighted by Crippen LogP contribution is 2.40. The zero-order chi connectivity index (χ0) is 27.4. The molecular weight excluding hydrogens is 544 g/mol. The molecule has 2 unspecified atom stereocenters. The van der Waals surface area contributed by atoms with Crippen LogP contribution in [0.1, 0.15) is 58.6 Å². The molecule has 11 heteroatoms. The van der Waals surface area contributed by atoms with Crippen LogP contribution in [0.2, 0.25) is 5.02 Å². The smallest absolute Gasteiger partial charge is 0.341 e. The molecular formula is C27H31ClN4O4S2. The van der Waals surface area contributed by atoms with Crippen LogP contribution in [0.15, 0.2) is 36.0 Å². The molecule has 0 radical (unpaired) electrons. The minimum Gasteiger partial charge on any atom is -0.482 e. The number of hydrogen-bond acceptors (Lipinski definition) is 8. The largest absolute Gasteiger partial charge is 0.482 e. The summed E-state index contributed by atoms with van der Waals surface area (Å²) in [4.78, 5) is 26.6. The Labute approximate surface area is 235 Å². The molecule has 2 heterocycles. The fourth-order valence-corrected chi connectivity index (χ4v) is 6.84. The van der Waals surface area contributed by atoms with E-state index >= 15 is 0 Å². The number of aromatic nitrogens is 3. The first-order valence-corrected chi connectivity index (χ1v) is 14.5. The van der Waals surface area contributed by atoms with E-state index in [0.717, 1.165) is 35.3 Å². The number of halogens is 1. The number of carbonyl (C=O) groups is 2. The molecule has 0 bridgehead atoms. The summed E-state index contributed by atoms with van der Waals surface area (Å²) in [6.07, 6.45) is 4.07. The third-order valence-corrected chi connectivity index (χ3v) is 8.72. The van der Waals surface area contributed by atoms with Crippen molar-refractivity contribution in [2.75, 3.05) is 18.2 Å². The van der Waals surface area contributed by atoms with Crippen molar-refractivity contribution in [3.63, 3.8) is 0 Å². The predicted molar refractivity (Wildman–Crippen MR) is 152 cm³/mol. The second-order valence-electron chi connectivity index (χ2n) is 9.29. The van der Waals surface area contributed by atoms with Crippen molar-refractivity contribution in [2.24, 2.45) is 5.92 Å². The van der Waals surface area contributed by atoms with Gasteiger partial charge in [-0.05, 0) is 68.4 Å². The van der Waals surface area contributed by atoms with Gasteiger partial charge in [-0.1, -0.05) is 36.4 Å². The van der Waals surface area contributed by atoms with Gasteiger partial charge < -0.3 is 14.8 Å². The van der Waals surface area contributed by atoms with Gasteiger partial charge in [-0.2, -0.15) is 0 Å². The molecule has 0 spiro atoms. The van der Waals surface area contributed by atoms with Crippen molar-refractivity contribution in [3.8, 4) is 5.75 Å². The van der Waals surface area contributed by atoms with E-state index in [1.807, 2.05) is 30.5 Å². The second-order valence-corrected chi connectivity index (χ2v) is 11.8. The minimum absolute atomic E-state index is 0.0976. The van der Waals surface area contributed by atoms with Gasteiger partial charge in [-0.3, -0.25) is 9.36 Å². The van der Waals surface area contributed by atoms with E-state index in [0.29, 0.717) is 44.8 Å². The standard InChI is InChI=1S/C27H31ClN4O4S2/c1-6-11-32-24(17(4)36-20-10-8-18(28)13-16(20)3)30-31-27(32)37-14-22(33)29-25-23(26(34)35-5)19-9-7-15(2)12-21(19)38-25/h6,8,10,13,15,17H,1,7,9,11-12,14H2,2-5H3,(H,29,33). The molecule has 0 saturated carbocycles. The topological polar surface area (TPSA) is 95.3 Å². The Balaban J connectivity index is 1.47. The average Bonchev–Trinajstić information content (AvgIpc) is 3.44. The molecule has 4 rings (SSSR count). The summed E-state index contributed by atoms with van der Waals surface area (Å²) in [6, 6.07) is 5.45. The molecule has 2 atom stereocenters. The van der Waals surface area contributed by atoms with Crippen LogP contribution in [0.3, 0.4) is 0 Å². The van der Waals surface area contributed by atoms with Crippen molar-refractivity contribution in [1.29, 1.82) is 0 Å². The number of carbonyl (C=O) groups excluding carboxylic acids is 2. The minimum atomic E-state index is -0.416. The highest BCUT2D eigenvalue weighted by atomic mass is 35.5. The Bertz CT molecular complexity index is 1350. The van der Waals surface area contributed by atoms with Crippen molar-refractivity contribution >= 4 is 51.6 Å². The molecule has 1 aliphatic carbocycles. The van der Waals surface area contributed by atoms with Crippen LogP contribution in [0, 0.1) is 12.8 Å². The van der Waals surface area contributed by atoms with Gasteiger partial charge in [0.25, 0.3) is 0 Å². The summed E-state index contributed by atoms with van der Waals surface area (Å²) in [7, 11) is 1.36. The van der Waals surface area contributed by atoms with E-state index < -0.39 is 12.1 Å². The first-order chi connectivity index (χ1) is 18.2. The van der Waals surface area contributed by atoms with Crippen molar-refractivity contribution in [2.45, 2.75) is 57.8 Å². The summed E-state index contributed by atoms with van der Waals surface area (Å²) in [5.74, 6) is 1.32. The van der Waals surface area contributed by atoms with Crippen molar-refractivity contribution < 1.29 is 19.1 Å². The Morgan fingerprint density at radius 3 is 2.89 bits per heavy atom. The third kappa shape index (κ3) is 6.24. The van der Waals surface area contributed by atoms with Gasteiger partial charge in [0.2, 0.25) is 5.91 Å². The lowest BCUT2D eigenvalue weighted by atomic mass is 9.88. The monoisotopic (exact) mass is 574 g/mol. The van der Waals surface area contributed by atoms with Gasteiger partial charge in [0.1, 0.15) is 10.8 Å². The summed E-state index contributed by atoms with van der Waals surface area (Å²) in [5.41, 5.74) is 2.41. The molecule has 1 amide bonds. The van der Waals surface area contributed by atoms with E-state index in [2.05, 4.69) is 29.0 Å². The number of aryl methyl sites for hydroxylation is 1. The fourth-order valence-electron chi connectivity index (χ4n) is 4.45. The number of nitrogens with zero attached hydrogens (tertiary/aromatic N) is 3. The van der Waals surface area contributed by atoms with E-state index in [-0.39, 0.29) is 11.7 Å². The zero-order valence-electron chi connectivity index (χ0n) is 21.9. The highest BCUT2D eigenvalue weighted by Gasteiger charge is 2.29. The molecule has 1 aromatic carbocycles. The highest BCUT2D eigenvalue weighted by molar-refractivity contribution is 7.99. The van der Waals surface area contributed by atoms with E-state index in [4.69, 9.17) is 21.1 Å². The first-order valence-electron chi connectivity index (χ1n) is 12.3. The van der Waals surface area contributed by atoms with Gasteiger partial charge in [0, 0.05) is 16.4 Å². The number of amides is 1. The Kier molecular flexibility index (Phi) is 9.17. The number of rotatable bonds is 10. The Morgan fingerprint density at radius 1 is 1.39 bits per heavy atom. The molecule has 38 heavy (non-hydrogen) atoms. The third-order valence-electron chi connectivity index (χ3n) is 6.35. The SMILES string of the molecule is C=CCn1c(SCC(=O)Nc2sc3c(c2C(=O)OC)CCC(C)C3)nnc1C(C)Oc1ccc(Cl)cc1C. The van der Waals surface area contributed by atoms with E-state index in [1.165, 1.54) is 30.2 Å². The number of allylic oxidation sites excluding steroid dienone is 1. The quantitative estimate of drug-likeness (QED) is 0.173. The van der Waals surface area contributed by atoms with Crippen LogP contribution in [0.4, 0.5) is 5.00 Å². The maximum Gasteiger partial charge on any atom is 0.341 e. The molecule has 0 fully saturated rings. The van der Waals surface area contributed by atoms with Crippen molar-refractivity contribution in [1.82, 2.24) is 14.8 Å². The molecule has 1 N–H and O–H groups in total. The lowest BCUT2D eigenvalue weighted by Gasteiger charge is -2.18. The number of thioether (sulfide) groups is 1. The molecule has 2 aromatic heterocycles. The summed E-state index contributed by atoms with van der Waals surface area (Å²) < 4.78 is 13.0. The number of anilines is 1. The summed E-state index contributed by atoms with van der Waals surface area (Å²) in [5, 5.41) is 13.4. The Hall–Kier alpha value is -2.82. The van der Waals surface area contributed by atoms with Gasteiger partial charge in [-0.25, -0.2) is 4.79 Å². The molecule has 8 nitrogen and oxygen atoms in total. The van der Waals surface area contributed by atoms with Crippen LogP contribution in [-0.4, -0.2) is 39.5 Å². The predicted octanol–water partition coefficient (Wildman–Crippen LogP) is 6.27. The number of nitrogens with one attached hydrogen (secondary N) is 1. The maximum absolute atomic E-state index is 13.0. The number of hydrogen-bond donors (Lipinski definition) is 1. The van der Waals surface area contributed by atoms with Crippen molar-refractivity contribution in [3.05, 3.63) is 63.3 Å². The molecule has 3 aromatic rings.